The number of aliphatic carboxylic acids is 1. The van der Waals surface area contributed by atoms with Crippen LogP contribution in [0.3, 0.4) is 0 Å². The Labute approximate surface area is 89.2 Å². The van der Waals surface area contributed by atoms with Crippen molar-refractivity contribution in [1.82, 2.24) is 10.6 Å². The van der Waals surface area contributed by atoms with E-state index < -0.39 is 12.0 Å². The van der Waals surface area contributed by atoms with Crippen molar-refractivity contribution in [1.29, 1.82) is 0 Å². The topological polar surface area (TPSA) is 78.4 Å². The second-order valence-corrected chi connectivity index (χ2v) is 3.84. The molecule has 86 valence electrons. The third-order valence-electron chi connectivity index (χ3n) is 2.57. The number of carbonyl (C=O) groups is 2. The monoisotopic (exact) mass is 214 g/mol. The normalized spacial score (nSPS) is 22.3. The van der Waals surface area contributed by atoms with Gasteiger partial charge in [-0.3, -0.25) is 4.79 Å². The summed E-state index contributed by atoms with van der Waals surface area (Å²) < 4.78 is 0. The van der Waals surface area contributed by atoms with Crippen LogP contribution < -0.4 is 10.6 Å². The molecule has 0 radical (unpaired) electrons. The summed E-state index contributed by atoms with van der Waals surface area (Å²) in [6.45, 7) is 2.74. The molecule has 0 aromatic heterocycles. The third kappa shape index (κ3) is 3.51. The molecule has 1 amide bonds. The number of carboxylic acids is 1. The minimum Gasteiger partial charge on any atom is -0.480 e. The third-order valence-corrected chi connectivity index (χ3v) is 2.57. The first-order valence-corrected chi connectivity index (χ1v) is 5.41. The highest BCUT2D eigenvalue weighted by atomic mass is 16.4. The van der Waals surface area contributed by atoms with Gasteiger partial charge in [-0.05, 0) is 25.8 Å². The maximum Gasteiger partial charge on any atom is 0.326 e. The van der Waals surface area contributed by atoms with Crippen molar-refractivity contribution < 1.29 is 14.7 Å². The van der Waals surface area contributed by atoms with Crippen LogP contribution in [0.1, 0.15) is 32.6 Å². The molecule has 0 aromatic carbocycles. The predicted octanol–water partition coefficient (Wildman–Crippen LogP) is 0.108. The van der Waals surface area contributed by atoms with Crippen LogP contribution in [0.5, 0.6) is 0 Å². The number of hydrogen-bond donors (Lipinski definition) is 3. The Morgan fingerprint density at radius 3 is 2.80 bits per heavy atom. The van der Waals surface area contributed by atoms with Gasteiger partial charge in [0, 0.05) is 0 Å². The number of carboxylic acid groups (broad SMARTS) is 1. The molecule has 15 heavy (non-hydrogen) atoms. The first-order chi connectivity index (χ1) is 7.15. The Hall–Kier alpha value is -1.10. The Balaban J connectivity index is 2.42. The molecule has 0 aromatic rings. The summed E-state index contributed by atoms with van der Waals surface area (Å²) in [6, 6.07) is -0.950. The Morgan fingerprint density at radius 2 is 2.33 bits per heavy atom. The first kappa shape index (κ1) is 12.0. The zero-order chi connectivity index (χ0) is 11.3. The molecule has 3 N–H and O–H groups in total. The molecule has 5 heteroatoms. The molecule has 1 aliphatic rings. The highest BCUT2D eigenvalue weighted by Crippen LogP contribution is 2.06. The highest BCUT2D eigenvalue weighted by Gasteiger charge is 2.26. The van der Waals surface area contributed by atoms with E-state index in [1.165, 1.54) is 0 Å². The van der Waals surface area contributed by atoms with Crippen molar-refractivity contribution >= 4 is 11.9 Å². The van der Waals surface area contributed by atoms with Gasteiger partial charge in [-0.25, -0.2) is 4.79 Å². The van der Waals surface area contributed by atoms with E-state index in [0.29, 0.717) is 6.42 Å². The molecule has 0 aliphatic carbocycles. The van der Waals surface area contributed by atoms with Crippen molar-refractivity contribution in [3.05, 3.63) is 0 Å². The van der Waals surface area contributed by atoms with Crippen LogP contribution in [0.4, 0.5) is 0 Å². The minimum absolute atomic E-state index is 0.187. The van der Waals surface area contributed by atoms with Gasteiger partial charge in [0.15, 0.2) is 0 Å². The van der Waals surface area contributed by atoms with E-state index in [0.717, 1.165) is 25.8 Å². The summed E-state index contributed by atoms with van der Waals surface area (Å²) in [5, 5.41) is 14.5. The predicted molar refractivity (Wildman–Crippen MR) is 55.5 cm³/mol. The maximum absolute atomic E-state index is 11.6. The lowest BCUT2D eigenvalue weighted by Gasteiger charge is -2.16. The summed E-state index contributed by atoms with van der Waals surface area (Å²) >= 11 is 0. The van der Waals surface area contributed by atoms with E-state index in [4.69, 9.17) is 5.11 Å². The van der Waals surface area contributed by atoms with E-state index in [1.807, 2.05) is 6.92 Å². The van der Waals surface area contributed by atoms with Gasteiger partial charge < -0.3 is 15.7 Å². The molecule has 0 spiro atoms. The van der Waals surface area contributed by atoms with Gasteiger partial charge >= 0.3 is 5.97 Å². The van der Waals surface area contributed by atoms with Crippen molar-refractivity contribution in [3.8, 4) is 0 Å². The molecule has 1 rings (SSSR count). The summed E-state index contributed by atoms with van der Waals surface area (Å²) in [4.78, 5) is 22.4. The quantitative estimate of drug-likeness (QED) is 0.607. The van der Waals surface area contributed by atoms with Gasteiger partial charge in [0.05, 0.1) is 6.04 Å². The van der Waals surface area contributed by atoms with Gasteiger partial charge in [-0.2, -0.15) is 0 Å². The van der Waals surface area contributed by atoms with Crippen LogP contribution in [-0.2, 0) is 9.59 Å². The van der Waals surface area contributed by atoms with E-state index >= 15 is 0 Å². The largest absolute Gasteiger partial charge is 0.480 e. The number of carbonyl (C=O) groups excluding carboxylic acids is 1. The maximum atomic E-state index is 11.6. The Kier molecular flexibility index (Phi) is 4.55. The number of hydrogen-bond acceptors (Lipinski definition) is 3. The van der Waals surface area contributed by atoms with Gasteiger partial charge in [-0.1, -0.05) is 13.3 Å². The van der Waals surface area contributed by atoms with E-state index in [9.17, 15) is 9.59 Å². The van der Waals surface area contributed by atoms with Crippen molar-refractivity contribution in [2.75, 3.05) is 6.54 Å². The fraction of sp³-hybridized carbons (Fsp3) is 0.800. The van der Waals surface area contributed by atoms with Crippen LogP contribution in [0.2, 0.25) is 0 Å². The van der Waals surface area contributed by atoms with E-state index in [1.54, 1.807) is 0 Å². The smallest absolute Gasteiger partial charge is 0.326 e. The molecule has 1 fully saturated rings. The molecule has 0 bridgehead atoms. The van der Waals surface area contributed by atoms with Crippen molar-refractivity contribution in [3.63, 3.8) is 0 Å². The van der Waals surface area contributed by atoms with Crippen LogP contribution in [0.25, 0.3) is 0 Å². The summed E-state index contributed by atoms with van der Waals surface area (Å²) in [7, 11) is 0. The summed E-state index contributed by atoms with van der Waals surface area (Å²) in [6.07, 6.45) is 3.00. The number of rotatable bonds is 5. The fourth-order valence-corrected chi connectivity index (χ4v) is 1.73. The van der Waals surface area contributed by atoms with Crippen molar-refractivity contribution in [2.45, 2.75) is 44.7 Å². The lowest BCUT2D eigenvalue weighted by molar-refractivity contribution is -0.142. The van der Waals surface area contributed by atoms with Crippen LogP contribution in [0.15, 0.2) is 0 Å². The minimum atomic E-state index is -0.955. The highest BCUT2D eigenvalue weighted by molar-refractivity contribution is 5.87. The van der Waals surface area contributed by atoms with E-state index in [-0.39, 0.29) is 11.9 Å². The summed E-state index contributed by atoms with van der Waals surface area (Å²) in [5.41, 5.74) is 0. The molecule has 1 aliphatic heterocycles. The number of amides is 1. The average Bonchev–Trinajstić information content (AvgIpc) is 2.69. The lowest BCUT2D eigenvalue weighted by atomic mass is 10.1. The van der Waals surface area contributed by atoms with Gasteiger partial charge in [0.2, 0.25) is 5.91 Å². The van der Waals surface area contributed by atoms with Gasteiger partial charge in [0.25, 0.3) is 0 Å². The Morgan fingerprint density at radius 1 is 1.60 bits per heavy atom. The molecule has 2 unspecified atom stereocenters. The molecular formula is C10H18N2O3. The molecule has 2 atom stereocenters. The Bertz CT molecular complexity index is 237. The fourth-order valence-electron chi connectivity index (χ4n) is 1.73. The number of nitrogens with one attached hydrogen (secondary N) is 2. The lowest BCUT2D eigenvalue weighted by Crippen LogP contribution is -2.48. The zero-order valence-electron chi connectivity index (χ0n) is 8.95. The standard InChI is InChI=1S/C10H18N2O3/c1-2-4-8(10(14)15)12-9(13)7-5-3-6-11-7/h7-8,11H,2-6H2,1H3,(H,12,13)(H,14,15). The average molecular weight is 214 g/mol. The first-order valence-electron chi connectivity index (χ1n) is 5.41. The van der Waals surface area contributed by atoms with Gasteiger partial charge in [-0.15, -0.1) is 0 Å². The van der Waals surface area contributed by atoms with Crippen molar-refractivity contribution in [2.24, 2.45) is 0 Å². The molecule has 5 nitrogen and oxygen atoms in total. The zero-order valence-corrected chi connectivity index (χ0v) is 8.95. The second-order valence-electron chi connectivity index (χ2n) is 3.84. The van der Waals surface area contributed by atoms with E-state index in [2.05, 4.69) is 10.6 Å². The summed E-state index contributed by atoms with van der Waals surface area (Å²) in [5.74, 6) is -1.14. The molecule has 1 heterocycles. The van der Waals surface area contributed by atoms with Crippen LogP contribution >= 0.6 is 0 Å². The van der Waals surface area contributed by atoms with Crippen LogP contribution in [0, 0.1) is 0 Å². The van der Waals surface area contributed by atoms with Crippen LogP contribution in [-0.4, -0.2) is 35.6 Å². The SMILES string of the molecule is CCCC(NC(=O)C1CCCN1)C(=O)O. The molecule has 0 saturated carbocycles. The molecule has 1 saturated heterocycles. The second kappa shape index (κ2) is 5.70. The van der Waals surface area contributed by atoms with Gasteiger partial charge in [0.1, 0.15) is 6.04 Å². The molecular weight excluding hydrogens is 196 g/mol.